The summed E-state index contributed by atoms with van der Waals surface area (Å²) >= 11 is 3.36. The third kappa shape index (κ3) is 2.86. The second-order valence-corrected chi connectivity index (χ2v) is 3.52. The third-order valence-corrected chi connectivity index (χ3v) is 2.10. The molecule has 1 nitrogen and oxygen atoms in total. The quantitative estimate of drug-likeness (QED) is 0.769. The van der Waals surface area contributed by atoms with E-state index in [1.165, 1.54) is 0 Å². The predicted molar refractivity (Wildman–Crippen MR) is 54.2 cm³/mol. The van der Waals surface area contributed by atoms with Crippen molar-refractivity contribution in [1.82, 2.24) is 0 Å². The summed E-state index contributed by atoms with van der Waals surface area (Å²) in [6.45, 7) is 5.89. The fourth-order valence-corrected chi connectivity index (χ4v) is 1.05. The first-order valence-corrected chi connectivity index (χ1v) is 4.77. The first-order valence-electron chi connectivity index (χ1n) is 3.97. The molecule has 1 radical (unpaired) electrons. The molecule has 65 valence electrons. The summed E-state index contributed by atoms with van der Waals surface area (Å²) in [6.07, 6.45) is 0.974. The van der Waals surface area contributed by atoms with Gasteiger partial charge in [0.25, 0.3) is 0 Å². The van der Waals surface area contributed by atoms with Gasteiger partial charge in [-0.05, 0) is 37.6 Å². The Bertz CT molecular complexity index is 230. The van der Waals surface area contributed by atoms with Crippen molar-refractivity contribution in [3.63, 3.8) is 0 Å². The van der Waals surface area contributed by atoms with Crippen molar-refractivity contribution in [3.8, 4) is 5.75 Å². The Labute approximate surface area is 81.9 Å². The molecule has 0 N–H and O–H groups in total. The smallest absolute Gasteiger partial charge is 0.119 e. The number of hydrogen-bond donors (Lipinski definition) is 0. The Morgan fingerprint density at radius 3 is 2.50 bits per heavy atom. The Morgan fingerprint density at radius 1 is 1.42 bits per heavy atom. The number of benzene rings is 1. The van der Waals surface area contributed by atoms with Crippen molar-refractivity contribution in [3.05, 3.63) is 35.7 Å². The Kier molecular flexibility index (Phi) is 3.60. The summed E-state index contributed by atoms with van der Waals surface area (Å²) in [6, 6.07) is 7.77. The van der Waals surface area contributed by atoms with Crippen LogP contribution >= 0.6 is 15.9 Å². The molecule has 1 atom stereocenters. The van der Waals surface area contributed by atoms with Crippen LogP contribution in [0.5, 0.6) is 5.75 Å². The van der Waals surface area contributed by atoms with Gasteiger partial charge in [0.2, 0.25) is 0 Å². The van der Waals surface area contributed by atoms with E-state index in [1.54, 1.807) is 0 Å². The van der Waals surface area contributed by atoms with Gasteiger partial charge in [0, 0.05) is 4.47 Å². The maximum Gasteiger partial charge on any atom is 0.119 e. The summed E-state index contributed by atoms with van der Waals surface area (Å²) in [4.78, 5) is 0. The highest BCUT2D eigenvalue weighted by Crippen LogP contribution is 2.17. The molecular weight excluding hydrogens is 216 g/mol. The van der Waals surface area contributed by atoms with Gasteiger partial charge in [-0.3, -0.25) is 0 Å². The molecule has 1 unspecified atom stereocenters. The van der Waals surface area contributed by atoms with Gasteiger partial charge in [-0.25, -0.2) is 0 Å². The molecular formula is C10H12BrO. The Hall–Kier alpha value is -0.500. The maximum atomic E-state index is 5.49. The van der Waals surface area contributed by atoms with Crippen molar-refractivity contribution in [2.75, 3.05) is 0 Å². The van der Waals surface area contributed by atoms with Gasteiger partial charge in [0.05, 0.1) is 6.10 Å². The summed E-state index contributed by atoms with van der Waals surface area (Å²) in [5.74, 6) is 0.875. The molecule has 1 rings (SSSR count). The lowest BCUT2D eigenvalue weighted by Crippen LogP contribution is -2.09. The van der Waals surface area contributed by atoms with Crippen LogP contribution in [0.2, 0.25) is 0 Å². The number of hydrogen-bond acceptors (Lipinski definition) is 1. The predicted octanol–water partition coefficient (Wildman–Crippen LogP) is 3.44. The lowest BCUT2D eigenvalue weighted by Gasteiger charge is -2.11. The van der Waals surface area contributed by atoms with Crippen LogP contribution in [0.1, 0.15) is 13.3 Å². The molecule has 2 heteroatoms. The second-order valence-electron chi connectivity index (χ2n) is 2.60. The molecule has 1 aromatic rings. The number of rotatable bonds is 3. The molecule has 0 spiro atoms. The van der Waals surface area contributed by atoms with Crippen LogP contribution in [-0.2, 0) is 0 Å². The average Bonchev–Trinajstić information content (AvgIpc) is 2.09. The monoisotopic (exact) mass is 227 g/mol. The summed E-state index contributed by atoms with van der Waals surface area (Å²) in [5.41, 5.74) is 0. The summed E-state index contributed by atoms with van der Waals surface area (Å²) in [5, 5.41) is 0. The van der Waals surface area contributed by atoms with Crippen LogP contribution < -0.4 is 4.74 Å². The van der Waals surface area contributed by atoms with E-state index >= 15 is 0 Å². The van der Waals surface area contributed by atoms with Crippen LogP contribution in [0.25, 0.3) is 0 Å². The zero-order valence-electron chi connectivity index (χ0n) is 7.09. The molecule has 12 heavy (non-hydrogen) atoms. The second kappa shape index (κ2) is 4.51. The molecule has 0 aromatic heterocycles. The highest BCUT2D eigenvalue weighted by Gasteiger charge is 1.99. The van der Waals surface area contributed by atoms with E-state index in [2.05, 4.69) is 29.8 Å². The number of ether oxygens (including phenoxy) is 1. The van der Waals surface area contributed by atoms with Crippen molar-refractivity contribution >= 4 is 15.9 Å². The molecule has 0 aliphatic carbocycles. The van der Waals surface area contributed by atoms with E-state index in [-0.39, 0.29) is 6.10 Å². The SMILES string of the molecule is [CH2]C(CC)Oc1ccc(Br)cc1. The lowest BCUT2D eigenvalue weighted by atomic mass is 10.3. The topological polar surface area (TPSA) is 9.23 Å². The van der Waals surface area contributed by atoms with E-state index in [0.29, 0.717) is 0 Å². The molecule has 0 aliphatic rings. The molecule has 0 aliphatic heterocycles. The largest absolute Gasteiger partial charge is 0.490 e. The molecule has 1 aromatic carbocycles. The minimum Gasteiger partial charge on any atom is -0.490 e. The normalized spacial score (nSPS) is 12.6. The minimum absolute atomic E-state index is 0.0474. The fourth-order valence-electron chi connectivity index (χ4n) is 0.789. The van der Waals surface area contributed by atoms with Crippen molar-refractivity contribution in [2.24, 2.45) is 0 Å². The van der Waals surface area contributed by atoms with Gasteiger partial charge in [-0.15, -0.1) is 0 Å². The minimum atomic E-state index is 0.0474. The van der Waals surface area contributed by atoms with E-state index in [4.69, 9.17) is 4.74 Å². The average molecular weight is 228 g/mol. The maximum absolute atomic E-state index is 5.49. The van der Waals surface area contributed by atoms with Crippen molar-refractivity contribution in [1.29, 1.82) is 0 Å². The van der Waals surface area contributed by atoms with Crippen molar-refractivity contribution in [2.45, 2.75) is 19.4 Å². The van der Waals surface area contributed by atoms with Gasteiger partial charge in [-0.2, -0.15) is 0 Å². The van der Waals surface area contributed by atoms with Gasteiger partial charge < -0.3 is 4.74 Å². The summed E-state index contributed by atoms with van der Waals surface area (Å²) in [7, 11) is 0. The van der Waals surface area contributed by atoms with Crippen LogP contribution in [0.4, 0.5) is 0 Å². The zero-order valence-corrected chi connectivity index (χ0v) is 8.67. The first-order chi connectivity index (χ1) is 5.72. The van der Waals surface area contributed by atoms with E-state index in [0.717, 1.165) is 16.6 Å². The Morgan fingerprint density at radius 2 is 2.00 bits per heavy atom. The fraction of sp³-hybridized carbons (Fsp3) is 0.300. The molecule has 0 amide bonds. The lowest BCUT2D eigenvalue weighted by molar-refractivity contribution is 0.242. The van der Waals surface area contributed by atoms with Gasteiger partial charge >= 0.3 is 0 Å². The van der Waals surface area contributed by atoms with E-state index < -0.39 is 0 Å². The Balaban J connectivity index is 2.58. The van der Waals surface area contributed by atoms with Crippen LogP contribution in [0.3, 0.4) is 0 Å². The van der Waals surface area contributed by atoms with Gasteiger partial charge in [0.1, 0.15) is 5.75 Å². The summed E-state index contributed by atoms with van der Waals surface area (Å²) < 4.78 is 6.55. The van der Waals surface area contributed by atoms with Gasteiger partial charge in [0.15, 0.2) is 0 Å². The zero-order chi connectivity index (χ0) is 8.97. The molecule has 0 fully saturated rings. The highest BCUT2D eigenvalue weighted by atomic mass is 79.9. The van der Waals surface area contributed by atoms with Crippen LogP contribution in [0, 0.1) is 6.92 Å². The molecule has 0 saturated carbocycles. The highest BCUT2D eigenvalue weighted by molar-refractivity contribution is 9.10. The van der Waals surface area contributed by atoms with Crippen molar-refractivity contribution < 1.29 is 4.74 Å². The number of halogens is 1. The van der Waals surface area contributed by atoms with E-state index in [9.17, 15) is 0 Å². The standard InChI is InChI=1S/C10H12BrO/c1-3-8(2)12-10-6-4-9(11)5-7-10/h4-8H,2-3H2,1H3. The molecule has 0 bridgehead atoms. The first kappa shape index (κ1) is 9.59. The molecule has 0 saturated heterocycles. The third-order valence-electron chi connectivity index (χ3n) is 1.57. The van der Waals surface area contributed by atoms with E-state index in [1.807, 2.05) is 24.3 Å². The molecule has 0 heterocycles. The van der Waals surface area contributed by atoms with Crippen LogP contribution in [-0.4, -0.2) is 6.10 Å². The van der Waals surface area contributed by atoms with Gasteiger partial charge in [-0.1, -0.05) is 22.9 Å². The van der Waals surface area contributed by atoms with Crippen LogP contribution in [0.15, 0.2) is 28.7 Å².